The molecule has 2 atom stereocenters. The molecule has 1 fully saturated rings. The van der Waals surface area contributed by atoms with Crippen molar-refractivity contribution in [3.8, 4) is 0 Å². The van der Waals surface area contributed by atoms with Crippen LogP contribution in [0.4, 0.5) is 0 Å². The van der Waals surface area contributed by atoms with Gasteiger partial charge < -0.3 is 9.47 Å². The highest BCUT2D eigenvalue weighted by Crippen LogP contribution is 2.19. The molecule has 0 saturated carbocycles. The van der Waals surface area contributed by atoms with Crippen molar-refractivity contribution in [3.05, 3.63) is 0 Å². The van der Waals surface area contributed by atoms with Gasteiger partial charge in [-0.3, -0.25) is 4.90 Å². The molecule has 13 heavy (non-hydrogen) atoms. The zero-order valence-corrected chi connectivity index (χ0v) is 9.12. The van der Waals surface area contributed by atoms with Gasteiger partial charge in [-0.2, -0.15) is 0 Å². The lowest BCUT2D eigenvalue weighted by atomic mass is 10.2. The summed E-state index contributed by atoms with van der Waals surface area (Å²) in [7, 11) is 3.89. The molecule has 0 aromatic rings. The van der Waals surface area contributed by atoms with Gasteiger partial charge in [0.25, 0.3) is 0 Å². The summed E-state index contributed by atoms with van der Waals surface area (Å²) >= 11 is 0. The second-order valence-electron chi connectivity index (χ2n) is 4.09. The van der Waals surface area contributed by atoms with Crippen molar-refractivity contribution in [3.63, 3.8) is 0 Å². The fraction of sp³-hybridized carbons (Fsp3) is 1.00. The summed E-state index contributed by atoms with van der Waals surface area (Å²) in [5, 5.41) is 0. The van der Waals surface area contributed by atoms with E-state index in [9.17, 15) is 0 Å². The molecule has 3 heteroatoms. The molecule has 1 heterocycles. The van der Waals surface area contributed by atoms with Crippen molar-refractivity contribution in [1.82, 2.24) is 4.90 Å². The van der Waals surface area contributed by atoms with Gasteiger partial charge in [0, 0.05) is 19.7 Å². The third-order valence-corrected chi connectivity index (χ3v) is 2.47. The average molecular weight is 187 g/mol. The van der Waals surface area contributed by atoms with Gasteiger partial charge in [0.05, 0.1) is 18.8 Å². The topological polar surface area (TPSA) is 21.7 Å². The minimum atomic E-state index is 0.333. The number of hydrogen-bond acceptors (Lipinski definition) is 3. The van der Waals surface area contributed by atoms with Gasteiger partial charge in [-0.15, -0.1) is 0 Å². The molecule has 0 aromatic heterocycles. The highest BCUT2D eigenvalue weighted by Gasteiger charge is 2.30. The Hall–Kier alpha value is -0.120. The Morgan fingerprint density at radius 2 is 2.15 bits per heavy atom. The van der Waals surface area contributed by atoms with Crippen molar-refractivity contribution < 1.29 is 9.47 Å². The van der Waals surface area contributed by atoms with Crippen LogP contribution in [0.25, 0.3) is 0 Å². The number of rotatable bonds is 4. The Kier molecular flexibility index (Phi) is 4.16. The normalized spacial score (nSPS) is 30.2. The van der Waals surface area contributed by atoms with Gasteiger partial charge in [-0.25, -0.2) is 0 Å². The van der Waals surface area contributed by atoms with E-state index < -0.39 is 0 Å². The smallest absolute Gasteiger partial charge is 0.0721 e. The van der Waals surface area contributed by atoms with Crippen LogP contribution in [0.15, 0.2) is 0 Å². The van der Waals surface area contributed by atoms with Crippen molar-refractivity contribution in [2.75, 3.05) is 27.3 Å². The third-order valence-electron chi connectivity index (χ3n) is 2.47. The van der Waals surface area contributed by atoms with Crippen LogP contribution in [-0.2, 0) is 9.47 Å². The zero-order valence-electron chi connectivity index (χ0n) is 9.12. The lowest BCUT2D eigenvalue weighted by molar-refractivity contribution is 0.0147. The molecule has 78 valence electrons. The van der Waals surface area contributed by atoms with Gasteiger partial charge in [-0.05, 0) is 27.3 Å². The van der Waals surface area contributed by atoms with Crippen LogP contribution < -0.4 is 0 Å². The fourth-order valence-electron chi connectivity index (χ4n) is 1.90. The first-order valence-electron chi connectivity index (χ1n) is 4.98. The third kappa shape index (κ3) is 3.25. The van der Waals surface area contributed by atoms with Crippen LogP contribution in [0.2, 0.25) is 0 Å². The largest absolute Gasteiger partial charge is 0.383 e. The van der Waals surface area contributed by atoms with Gasteiger partial charge in [0.15, 0.2) is 0 Å². The summed E-state index contributed by atoms with van der Waals surface area (Å²) in [6, 6.07) is 0.536. The zero-order chi connectivity index (χ0) is 9.84. The molecule has 3 nitrogen and oxygen atoms in total. The van der Waals surface area contributed by atoms with E-state index in [1.807, 2.05) is 0 Å². The highest BCUT2D eigenvalue weighted by molar-refractivity contribution is 4.83. The van der Waals surface area contributed by atoms with Crippen molar-refractivity contribution in [1.29, 1.82) is 0 Å². The maximum atomic E-state index is 5.76. The number of ether oxygens (including phenoxy) is 2. The molecule has 0 unspecified atom stereocenters. The van der Waals surface area contributed by atoms with Crippen LogP contribution in [0.5, 0.6) is 0 Å². The lowest BCUT2D eigenvalue weighted by Gasteiger charge is -2.16. The average Bonchev–Trinajstić information content (AvgIpc) is 2.31. The van der Waals surface area contributed by atoms with Gasteiger partial charge in [-0.1, -0.05) is 0 Å². The minimum Gasteiger partial charge on any atom is -0.383 e. The van der Waals surface area contributed by atoms with Crippen molar-refractivity contribution >= 4 is 0 Å². The summed E-state index contributed by atoms with van der Waals surface area (Å²) in [5.74, 6) is 0. The summed E-state index contributed by atoms with van der Waals surface area (Å²) in [6.45, 7) is 6.02. The standard InChI is InChI=1S/C10H21NO2/c1-8(2)13-10-5-9(7-12-4)11(3)6-10/h8-10H,5-7H2,1-4H3/t9-,10+/m0/s1. The number of hydrogen-bond donors (Lipinski definition) is 0. The molecule has 0 spiro atoms. The molecule has 1 aliphatic rings. The molecule has 0 N–H and O–H groups in total. The first-order valence-corrected chi connectivity index (χ1v) is 4.98. The molecule has 1 aliphatic heterocycles. The van der Waals surface area contributed by atoms with E-state index in [-0.39, 0.29) is 0 Å². The quantitative estimate of drug-likeness (QED) is 0.658. The Bertz CT molecular complexity index is 150. The molecule has 0 aliphatic carbocycles. The second kappa shape index (κ2) is 4.94. The van der Waals surface area contributed by atoms with E-state index in [0.717, 1.165) is 19.6 Å². The highest BCUT2D eigenvalue weighted by atomic mass is 16.5. The Balaban J connectivity index is 2.31. The molecule has 1 rings (SSSR count). The van der Waals surface area contributed by atoms with E-state index in [2.05, 4.69) is 25.8 Å². The van der Waals surface area contributed by atoms with E-state index in [0.29, 0.717) is 18.2 Å². The number of methoxy groups -OCH3 is 1. The van der Waals surface area contributed by atoms with Crippen molar-refractivity contribution in [2.45, 2.75) is 38.5 Å². The van der Waals surface area contributed by atoms with Crippen LogP contribution >= 0.6 is 0 Å². The maximum Gasteiger partial charge on any atom is 0.0721 e. The van der Waals surface area contributed by atoms with Crippen molar-refractivity contribution in [2.24, 2.45) is 0 Å². The van der Waals surface area contributed by atoms with Gasteiger partial charge >= 0.3 is 0 Å². The van der Waals surface area contributed by atoms with Crippen LogP contribution in [0, 0.1) is 0 Å². The molecule has 0 bridgehead atoms. The minimum absolute atomic E-state index is 0.333. The van der Waals surface area contributed by atoms with Gasteiger partial charge in [0.1, 0.15) is 0 Å². The summed E-state index contributed by atoms with van der Waals surface area (Å²) < 4.78 is 10.9. The van der Waals surface area contributed by atoms with Crippen LogP contribution in [0.3, 0.4) is 0 Å². The molecule has 0 aromatic carbocycles. The molecule has 0 radical (unpaired) electrons. The first kappa shape index (κ1) is 11.0. The predicted molar refractivity (Wildman–Crippen MR) is 52.9 cm³/mol. The summed E-state index contributed by atoms with van der Waals surface area (Å²) in [5.41, 5.74) is 0. The summed E-state index contributed by atoms with van der Waals surface area (Å²) in [4.78, 5) is 2.32. The van der Waals surface area contributed by atoms with Crippen LogP contribution in [0.1, 0.15) is 20.3 Å². The van der Waals surface area contributed by atoms with Gasteiger partial charge in [0.2, 0.25) is 0 Å². The van der Waals surface area contributed by atoms with Crippen LogP contribution in [-0.4, -0.2) is 50.5 Å². The molecular weight excluding hydrogens is 166 g/mol. The summed E-state index contributed by atoms with van der Waals surface area (Å²) in [6.07, 6.45) is 1.83. The Labute approximate surface area is 81.0 Å². The van der Waals surface area contributed by atoms with E-state index in [4.69, 9.17) is 9.47 Å². The number of nitrogens with zero attached hydrogens (tertiary/aromatic N) is 1. The predicted octanol–water partition coefficient (Wildman–Crippen LogP) is 1.13. The Morgan fingerprint density at radius 3 is 2.69 bits per heavy atom. The van der Waals surface area contributed by atoms with E-state index in [1.54, 1.807) is 7.11 Å². The number of likely N-dealkylation sites (tertiary alicyclic amines) is 1. The fourth-order valence-corrected chi connectivity index (χ4v) is 1.90. The monoisotopic (exact) mass is 187 g/mol. The molecular formula is C10H21NO2. The second-order valence-corrected chi connectivity index (χ2v) is 4.09. The maximum absolute atomic E-state index is 5.76. The first-order chi connectivity index (χ1) is 6.13. The molecule has 0 amide bonds. The van der Waals surface area contributed by atoms with E-state index >= 15 is 0 Å². The Morgan fingerprint density at radius 1 is 1.46 bits per heavy atom. The SMILES string of the molecule is COC[C@@H]1C[C@@H](OC(C)C)CN1C. The van der Waals surface area contributed by atoms with E-state index in [1.165, 1.54) is 0 Å². The molecule has 1 saturated heterocycles. The number of likely N-dealkylation sites (N-methyl/N-ethyl adjacent to an activating group) is 1. The lowest BCUT2D eigenvalue weighted by Crippen LogP contribution is -2.29.